The predicted octanol–water partition coefficient (Wildman–Crippen LogP) is 3.19. The van der Waals surface area contributed by atoms with Gasteiger partial charge in [-0.1, -0.05) is 32.4 Å². The maximum absolute atomic E-state index is 12.0. The Bertz CT molecular complexity index is 577. The van der Waals surface area contributed by atoms with Crippen molar-refractivity contribution in [3.05, 3.63) is 23.2 Å². The molecule has 22 heavy (non-hydrogen) atoms. The van der Waals surface area contributed by atoms with Crippen molar-refractivity contribution in [3.8, 4) is 0 Å². The number of nitrogens with two attached hydrogens (primary N) is 1. The van der Waals surface area contributed by atoms with Gasteiger partial charge in [-0.3, -0.25) is 9.59 Å². The van der Waals surface area contributed by atoms with Crippen molar-refractivity contribution in [2.24, 2.45) is 5.41 Å². The maximum atomic E-state index is 12.0. The summed E-state index contributed by atoms with van der Waals surface area (Å²) in [6, 6.07) is 4.67. The normalized spacial score (nSPS) is 11.9. The lowest BCUT2D eigenvalue weighted by Crippen LogP contribution is -2.49. The topological polar surface area (TPSA) is 84.2 Å². The molecule has 5 nitrogen and oxygen atoms in total. The minimum Gasteiger partial charge on any atom is -0.399 e. The van der Waals surface area contributed by atoms with Crippen LogP contribution in [-0.2, 0) is 9.59 Å². The number of rotatable bonds is 3. The largest absolute Gasteiger partial charge is 0.399 e. The Kier molecular flexibility index (Phi) is 5.46. The number of hydrogen-bond acceptors (Lipinski definition) is 3. The van der Waals surface area contributed by atoms with Crippen LogP contribution in [0.1, 0.15) is 41.0 Å². The molecule has 0 fully saturated rings. The van der Waals surface area contributed by atoms with Crippen LogP contribution in [0.25, 0.3) is 0 Å². The fourth-order valence-corrected chi connectivity index (χ4v) is 2.78. The molecule has 122 valence electrons. The van der Waals surface area contributed by atoms with Crippen molar-refractivity contribution >= 4 is 34.8 Å². The Balaban J connectivity index is 2.71. The third kappa shape index (κ3) is 5.93. The molecule has 0 bridgehead atoms. The van der Waals surface area contributed by atoms with Gasteiger partial charge < -0.3 is 16.4 Å². The molecule has 0 saturated carbocycles. The number of carbonyl (C=O) groups excluding carboxylic acids is 2. The maximum Gasteiger partial charge on any atom is 0.313 e. The van der Waals surface area contributed by atoms with Crippen molar-refractivity contribution in [1.29, 1.82) is 0 Å². The van der Waals surface area contributed by atoms with E-state index in [1.165, 1.54) is 6.07 Å². The number of halogens is 1. The van der Waals surface area contributed by atoms with E-state index in [0.29, 0.717) is 11.4 Å². The number of anilines is 2. The van der Waals surface area contributed by atoms with Gasteiger partial charge in [0.1, 0.15) is 0 Å². The van der Waals surface area contributed by atoms with E-state index in [4.69, 9.17) is 17.3 Å². The van der Waals surface area contributed by atoms with Crippen molar-refractivity contribution in [1.82, 2.24) is 5.32 Å². The molecule has 0 radical (unpaired) electrons. The van der Waals surface area contributed by atoms with Gasteiger partial charge in [-0.15, -0.1) is 0 Å². The molecule has 0 saturated heterocycles. The van der Waals surface area contributed by atoms with Crippen LogP contribution in [0.5, 0.6) is 0 Å². The molecular weight excluding hydrogens is 302 g/mol. The van der Waals surface area contributed by atoms with Gasteiger partial charge in [0.05, 0.1) is 10.7 Å². The molecule has 1 aromatic rings. The third-order valence-corrected chi connectivity index (χ3v) is 3.18. The Morgan fingerprint density at radius 2 is 1.73 bits per heavy atom. The van der Waals surface area contributed by atoms with Crippen molar-refractivity contribution in [2.75, 3.05) is 11.1 Å². The van der Waals surface area contributed by atoms with Crippen molar-refractivity contribution in [3.63, 3.8) is 0 Å². The standard InChI is InChI=1S/C16H24ClN3O2/c1-15(2,3)9-16(4,5)20-14(22)13(21)19-12-7-6-10(18)8-11(12)17/h6-8H,9,18H2,1-5H3,(H,19,21)(H,20,22). The fourth-order valence-electron chi connectivity index (χ4n) is 2.55. The smallest absolute Gasteiger partial charge is 0.313 e. The average Bonchev–Trinajstić information content (AvgIpc) is 2.28. The fraction of sp³-hybridized carbons (Fsp3) is 0.500. The number of nitrogens with one attached hydrogen (secondary N) is 2. The van der Waals surface area contributed by atoms with Crippen LogP contribution in [-0.4, -0.2) is 17.4 Å². The lowest BCUT2D eigenvalue weighted by atomic mass is 9.82. The summed E-state index contributed by atoms with van der Waals surface area (Å²) < 4.78 is 0. The van der Waals surface area contributed by atoms with Crippen molar-refractivity contribution in [2.45, 2.75) is 46.6 Å². The molecule has 0 aromatic heterocycles. The van der Waals surface area contributed by atoms with E-state index < -0.39 is 17.4 Å². The summed E-state index contributed by atoms with van der Waals surface area (Å²) in [6.45, 7) is 10.0. The van der Waals surface area contributed by atoms with E-state index in [9.17, 15) is 9.59 Å². The molecule has 1 aromatic carbocycles. The molecule has 4 N–H and O–H groups in total. The molecule has 0 spiro atoms. The minimum atomic E-state index is -0.756. The monoisotopic (exact) mass is 325 g/mol. The highest BCUT2D eigenvalue weighted by molar-refractivity contribution is 6.41. The molecule has 0 unspecified atom stereocenters. The Morgan fingerprint density at radius 1 is 1.14 bits per heavy atom. The number of benzene rings is 1. The lowest BCUT2D eigenvalue weighted by Gasteiger charge is -2.33. The second-order valence-corrected chi connectivity index (χ2v) is 7.68. The van der Waals surface area contributed by atoms with E-state index in [1.807, 2.05) is 13.8 Å². The first kappa shape index (κ1) is 18.3. The third-order valence-electron chi connectivity index (χ3n) is 2.87. The van der Waals surface area contributed by atoms with Gasteiger partial charge in [-0.2, -0.15) is 0 Å². The van der Waals surface area contributed by atoms with Gasteiger partial charge in [0.25, 0.3) is 0 Å². The van der Waals surface area contributed by atoms with Crippen molar-refractivity contribution < 1.29 is 9.59 Å². The molecule has 0 atom stereocenters. The van der Waals surface area contributed by atoms with Crippen LogP contribution in [0.4, 0.5) is 11.4 Å². The van der Waals surface area contributed by atoms with Gasteiger partial charge in [-0.05, 0) is 43.9 Å². The zero-order valence-electron chi connectivity index (χ0n) is 13.7. The van der Waals surface area contributed by atoms with E-state index in [-0.39, 0.29) is 10.4 Å². The van der Waals surface area contributed by atoms with Gasteiger partial charge in [0.2, 0.25) is 0 Å². The van der Waals surface area contributed by atoms with Crippen LogP contribution in [0.2, 0.25) is 5.02 Å². The van der Waals surface area contributed by atoms with Gasteiger partial charge in [-0.25, -0.2) is 0 Å². The summed E-state index contributed by atoms with van der Waals surface area (Å²) in [4.78, 5) is 24.0. The summed E-state index contributed by atoms with van der Waals surface area (Å²) >= 11 is 5.97. The first-order valence-electron chi connectivity index (χ1n) is 7.08. The summed E-state index contributed by atoms with van der Waals surface area (Å²) in [5, 5.41) is 5.52. The first-order chi connectivity index (χ1) is 9.89. The highest BCUT2D eigenvalue weighted by atomic mass is 35.5. The van der Waals surface area contributed by atoms with Crippen LogP contribution in [0.3, 0.4) is 0 Å². The Labute approximate surface area is 136 Å². The van der Waals surface area contributed by atoms with Gasteiger partial charge >= 0.3 is 11.8 Å². The summed E-state index contributed by atoms with van der Waals surface area (Å²) in [5.41, 5.74) is 5.97. The number of hydrogen-bond donors (Lipinski definition) is 3. The Hall–Kier alpha value is -1.75. The average molecular weight is 326 g/mol. The molecular formula is C16H24ClN3O2. The molecule has 0 heterocycles. The van der Waals surface area contributed by atoms with E-state index in [1.54, 1.807) is 12.1 Å². The zero-order chi connectivity index (χ0) is 17.1. The second kappa shape index (κ2) is 6.57. The zero-order valence-corrected chi connectivity index (χ0v) is 14.5. The van der Waals surface area contributed by atoms with Gasteiger partial charge in [0, 0.05) is 11.2 Å². The van der Waals surface area contributed by atoms with E-state index >= 15 is 0 Å². The minimum absolute atomic E-state index is 0.0352. The van der Waals surface area contributed by atoms with Crippen LogP contribution in [0.15, 0.2) is 18.2 Å². The molecule has 0 aliphatic rings. The highest BCUT2D eigenvalue weighted by Gasteiger charge is 2.29. The number of carbonyl (C=O) groups is 2. The van der Waals surface area contributed by atoms with Gasteiger partial charge in [0.15, 0.2) is 0 Å². The molecule has 1 rings (SSSR count). The summed E-state index contributed by atoms with van der Waals surface area (Å²) in [6.07, 6.45) is 0.738. The van der Waals surface area contributed by atoms with E-state index in [2.05, 4.69) is 31.4 Å². The molecule has 0 aliphatic heterocycles. The first-order valence-corrected chi connectivity index (χ1v) is 7.46. The lowest BCUT2D eigenvalue weighted by molar-refractivity contribution is -0.137. The molecule has 0 aliphatic carbocycles. The Morgan fingerprint density at radius 3 is 2.23 bits per heavy atom. The number of nitrogen functional groups attached to an aromatic ring is 1. The molecule has 2 amide bonds. The quantitative estimate of drug-likeness (QED) is 0.589. The SMILES string of the molecule is CC(C)(C)CC(C)(C)NC(=O)C(=O)Nc1ccc(N)cc1Cl. The molecule has 6 heteroatoms. The van der Waals surface area contributed by atoms with Crippen LogP contribution < -0.4 is 16.4 Å². The second-order valence-electron chi connectivity index (χ2n) is 7.27. The van der Waals surface area contributed by atoms with E-state index in [0.717, 1.165) is 6.42 Å². The van der Waals surface area contributed by atoms with Crippen LogP contribution in [0, 0.1) is 5.41 Å². The highest BCUT2D eigenvalue weighted by Crippen LogP contribution is 2.27. The summed E-state index contributed by atoms with van der Waals surface area (Å²) in [7, 11) is 0. The summed E-state index contributed by atoms with van der Waals surface area (Å²) in [5.74, 6) is -1.45. The number of amides is 2. The predicted molar refractivity (Wildman–Crippen MR) is 90.8 cm³/mol. The van der Waals surface area contributed by atoms with Crippen LogP contribution >= 0.6 is 11.6 Å².